The molecule has 0 radical (unpaired) electrons. The Kier molecular flexibility index (Phi) is 3.73. The lowest BCUT2D eigenvalue weighted by Gasteiger charge is -2.42. The lowest BCUT2D eigenvalue weighted by Crippen LogP contribution is -2.55. The quantitative estimate of drug-likeness (QED) is 0.677. The number of hydrogen-bond acceptors (Lipinski definition) is 4. The van der Waals surface area contributed by atoms with Gasteiger partial charge in [0.05, 0.1) is 7.11 Å². The van der Waals surface area contributed by atoms with Gasteiger partial charge in [-0.1, -0.05) is 0 Å². The molecular weight excluding hydrogens is 216 g/mol. The molecule has 0 aromatic rings. The van der Waals surface area contributed by atoms with Gasteiger partial charge in [0.15, 0.2) is 0 Å². The first kappa shape index (κ1) is 12.8. The van der Waals surface area contributed by atoms with Gasteiger partial charge in [0.2, 0.25) is 0 Å². The maximum Gasteiger partial charge on any atom is 0.325 e. The number of nitrogens with zero attached hydrogens (tertiary/aromatic N) is 2. The molecule has 1 atom stereocenters. The van der Waals surface area contributed by atoms with E-state index in [2.05, 4.69) is 16.8 Å². The van der Waals surface area contributed by atoms with E-state index in [4.69, 9.17) is 4.74 Å². The van der Waals surface area contributed by atoms with Crippen molar-refractivity contribution in [2.45, 2.75) is 44.2 Å². The van der Waals surface area contributed by atoms with Gasteiger partial charge in [0.25, 0.3) is 0 Å². The van der Waals surface area contributed by atoms with Crippen LogP contribution in [0.5, 0.6) is 0 Å². The summed E-state index contributed by atoms with van der Waals surface area (Å²) in [6.07, 6.45) is 4.39. The highest BCUT2D eigenvalue weighted by atomic mass is 16.5. The Labute approximate surface area is 104 Å². The fraction of sp³-hybridized carbons (Fsp3) is 0.923. The molecule has 2 rings (SSSR count). The normalized spacial score (nSPS) is 32.9. The molecule has 2 heterocycles. The van der Waals surface area contributed by atoms with E-state index in [0.717, 1.165) is 32.5 Å². The predicted octanol–water partition coefficient (Wildman–Crippen LogP) is 1.11. The van der Waals surface area contributed by atoms with E-state index in [1.54, 1.807) is 0 Å². The van der Waals surface area contributed by atoms with Gasteiger partial charge in [0, 0.05) is 6.04 Å². The van der Waals surface area contributed by atoms with Gasteiger partial charge >= 0.3 is 5.97 Å². The lowest BCUT2D eigenvalue weighted by atomic mass is 9.94. The van der Waals surface area contributed by atoms with Crippen LogP contribution >= 0.6 is 0 Å². The van der Waals surface area contributed by atoms with Crippen LogP contribution in [-0.2, 0) is 9.53 Å². The summed E-state index contributed by atoms with van der Waals surface area (Å²) < 4.78 is 4.99. The van der Waals surface area contributed by atoms with E-state index in [-0.39, 0.29) is 11.5 Å². The van der Waals surface area contributed by atoms with Crippen LogP contribution in [-0.4, -0.2) is 61.1 Å². The van der Waals surface area contributed by atoms with Crippen LogP contribution in [0.25, 0.3) is 0 Å². The summed E-state index contributed by atoms with van der Waals surface area (Å²) in [5.41, 5.74) is -0.380. The van der Waals surface area contributed by atoms with Crippen molar-refractivity contribution in [1.82, 2.24) is 9.80 Å². The van der Waals surface area contributed by atoms with Gasteiger partial charge in [-0.05, 0) is 59.3 Å². The molecule has 0 aromatic carbocycles. The Morgan fingerprint density at radius 2 is 1.94 bits per heavy atom. The van der Waals surface area contributed by atoms with Crippen LogP contribution in [0.3, 0.4) is 0 Å². The third-order valence-electron chi connectivity index (χ3n) is 4.45. The Morgan fingerprint density at radius 3 is 2.53 bits per heavy atom. The summed E-state index contributed by atoms with van der Waals surface area (Å²) in [4.78, 5) is 16.7. The van der Waals surface area contributed by atoms with Crippen LogP contribution in [0.4, 0.5) is 0 Å². The molecule has 0 saturated carbocycles. The van der Waals surface area contributed by atoms with Crippen LogP contribution in [0.15, 0.2) is 0 Å². The summed E-state index contributed by atoms with van der Waals surface area (Å²) >= 11 is 0. The third kappa shape index (κ3) is 2.33. The molecule has 0 aromatic heterocycles. The predicted molar refractivity (Wildman–Crippen MR) is 66.9 cm³/mol. The monoisotopic (exact) mass is 240 g/mol. The van der Waals surface area contributed by atoms with Crippen molar-refractivity contribution < 1.29 is 9.53 Å². The SMILES string of the molecule is COC(=O)C1(C)CCCN1C1CCN(C)CC1. The van der Waals surface area contributed by atoms with Crippen molar-refractivity contribution in [3.05, 3.63) is 0 Å². The first-order chi connectivity index (χ1) is 8.08. The average molecular weight is 240 g/mol. The Bertz CT molecular complexity index is 287. The van der Waals surface area contributed by atoms with Crippen LogP contribution < -0.4 is 0 Å². The second kappa shape index (κ2) is 4.94. The first-order valence-corrected chi connectivity index (χ1v) is 6.61. The topological polar surface area (TPSA) is 32.8 Å². The molecule has 1 unspecified atom stereocenters. The minimum atomic E-state index is -0.380. The van der Waals surface area contributed by atoms with Gasteiger partial charge in [-0.2, -0.15) is 0 Å². The summed E-state index contributed by atoms with van der Waals surface area (Å²) in [6, 6.07) is 0.554. The van der Waals surface area contributed by atoms with Crippen LogP contribution in [0.2, 0.25) is 0 Å². The van der Waals surface area contributed by atoms with E-state index >= 15 is 0 Å². The molecule has 0 aliphatic carbocycles. The molecule has 2 fully saturated rings. The highest BCUT2D eigenvalue weighted by Gasteiger charge is 2.47. The van der Waals surface area contributed by atoms with Crippen molar-refractivity contribution in [1.29, 1.82) is 0 Å². The van der Waals surface area contributed by atoms with E-state index in [0.29, 0.717) is 6.04 Å². The molecule has 4 nitrogen and oxygen atoms in total. The summed E-state index contributed by atoms with van der Waals surface area (Å²) in [6.45, 7) is 5.36. The number of methoxy groups -OCH3 is 1. The molecular formula is C13H24N2O2. The summed E-state index contributed by atoms with van der Waals surface area (Å²) in [7, 11) is 3.67. The van der Waals surface area contributed by atoms with E-state index in [1.165, 1.54) is 20.0 Å². The second-order valence-electron chi connectivity index (χ2n) is 5.60. The molecule has 4 heteroatoms. The first-order valence-electron chi connectivity index (χ1n) is 6.61. The van der Waals surface area contributed by atoms with E-state index < -0.39 is 0 Å². The zero-order chi connectivity index (χ0) is 12.5. The minimum Gasteiger partial charge on any atom is -0.468 e. The van der Waals surface area contributed by atoms with Gasteiger partial charge in [0.1, 0.15) is 5.54 Å². The molecule has 2 aliphatic heterocycles. The smallest absolute Gasteiger partial charge is 0.325 e. The van der Waals surface area contributed by atoms with Gasteiger partial charge < -0.3 is 9.64 Å². The number of piperidine rings is 1. The zero-order valence-electron chi connectivity index (χ0n) is 11.2. The lowest BCUT2D eigenvalue weighted by molar-refractivity contribution is -0.154. The van der Waals surface area contributed by atoms with Gasteiger partial charge in [-0.25, -0.2) is 0 Å². The Hall–Kier alpha value is -0.610. The highest BCUT2D eigenvalue weighted by molar-refractivity contribution is 5.80. The number of likely N-dealkylation sites (tertiary alicyclic amines) is 2. The maximum absolute atomic E-state index is 12.0. The number of ether oxygens (including phenoxy) is 1. The van der Waals surface area contributed by atoms with Crippen molar-refractivity contribution in [3.8, 4) is 0 Å². The number of esters is 1. The minimum absolute atomic E-state index is 0.0612. The fourth-order valence-electron chi connectivity index (χ4n) is 3.32. The second-order valence-corrected chi connectivity index (χ2v) is 5.60. The Morgan fingerprint density at radius 1 is 1.29 bits per heavy atom. The largest absolute Gasteiger partial charge is 0.468 e. The summed E-state index contributed by atoms with van der Waals surface area (Å²) in [5.74, 6) is -0.0612. The number of rotatable bonds is 2. The molecule has 0 amide bonds. The van der Waals surface area contributed by atoms with Crippen molar-refractivity contribution in [3.63, 3.8) is 0 Å². The van der Waals surface area contributed by atoms with Crippen molar-refractivity contribution >= 4 is 5.97 Å². The molecule has 2 saturated heterocycles. The van der Waals surface area contributed by atoms with Crippen LogP contribution in [0, 0.1) is 0 Å². The maximum atomic E-state index is 12.0. The third-order valence-corrected chi connectivity index (χ3v) is 4.45. The number of hydrogen-bond donors (Lipinski definition) is 0. The van der Waals surface area contributed by atoms with E-state index in [1.807, 2.05) is 6.92 Å². The van der Waals surface area contributed by atoms with Gasteiger partial charge in [-0.3, -0.25) is 9.69 Å². The zero-order valence-corrected chi connectivity index (χ0v) is 11.2. The molecule has 98 valence electrons. The molecule has 0 spiro atoms. The average Bonchev–Trinajstić information content (AvgIpc) is 2.73. The summed E-state index contributed by atoms with van der Waals surface area (Å²) in [5, 5.41) is 0. The van der Waals surface area contributed by atoms with Crippen molar-refractivity contribution in [2.75, 3.05) is 33.8 Å². The standard InChI is InChI=1S/C13H24N2O2/c1-13(12(16)17-3)7-4-8-15(13)11-5-9-14(2)10-6-11/h11H,4-10H2,1-3H3. The Balaban J connectivity index is 2.06. The number of carbonyl (C=O) groups is 1. The molecule has 0 N–H and O–H groups in total. The fourth-order valence-corrected chi connectivity index (χ4v) is 3.32. The molecule has 2 aliphatic rings. The van der Waals surface area contributed by atoms with Crippen molar-refractivity contribution in [2.24, 2.45) is 0 Å². The molecule has 17 heavy (non-hydrogen) atoms. The highest BCUT2D eigenvalue weighted by Crippen LogP contribution is 2.34. The van der Waals surface area contributed by atoms with Crippen LogP contribution in [0.1, 0.15) is 32.6 Å². The van der Waals surface area contributed by atoms with Gasteiger partial charge in [-0.15, -0.1) is 0 Å². The molecule has 0 bridgehead atoms. The number of carbonyl (C=O) groups excluding carboxylic acids is 1. The van der Waals surface area contributed by atoms with E-state index in [9.17, 15) is 4.79 Å².